The molecule has 0 fully saturated rings. The summed E-state index contributed by atoms with van der Waals surface area (Å²) in [5.41, 5.74) is 5.33. The van der Waals surface area contributed by atoms with Gasteiger partial charge in [-0.2, -0.15) is 0 Å². The summed E-state index contributed by atoms with van der Waals surface area (Å²) >= 11 is 0. The Labute approximate surface area is 257 Å². The molecule has 5 N–H and O–H groups in total. The number of unbranched alkanes of at least 4 members (excludes halogenated alkanes) is 14. The van der Waals surface area contributed by atoms with Crippen molar-refractivity contribution in [2.45, 2.75) is 148 Å². The molecule has 246 valence electrons. The molecule has 0 aliphatic heterocycles. The van der Waals surface area contributed by atoms with Gasteiger partial charge in [0.15, 0.2) is 0 Å². The molecule has 0 heterocycles. The standard InChI is InChI=1S/C33H63N2O6P/c1-3-5-7-9-11-13-15-17-18-20-22-24-26-32(36)31(30-41-42(38,39)40-29-28-34)35-33(37)27-25-23-21-19-16-14-12-10-8-6-4-2/h9,11,17-18,24,26,31-32,36H,3-8,10,12-16,19-23,25,27-30,34H2,1-2H3,(H,35,37)(H,38,39)/b11-9+,18-17+,26-24+. The van der Waals surface area contributed by atoms with Gasteiger partial charge >= 0.3 is 7.82 Å². The monoisotopic (exact) mass is 614 g/mol. The molecule has 0 aliphatic carbocycles. The maximum atomic E-state index is 12.6. The van der Waals surface area contributed by atoms with Gasteiger partial charge in [0.25, 0.3) is 0 Å². The summed E-state index contributed by atoms with van der Waals surface area (Å²) in [7, 11) is -4.33. The summed E-state index contributed by atoms with van der Waals surface area (Å²) < 4.78 is 21.9. The number of allylic oxidation sites excluding steroid dienone is 5. The van der Waals surface area contributed by atoms with Crippen LogP contribution in [-0.2, 0) is 18.4 Å². The number of phosphoric acid groups is 1. The molecule has 0 aliphatic rings. The fourth-order valence-electron chi connectivity index (χ4n) is 4.38. The van der Waals surface area contributed by atoms with Gasteiger partial charge in [-0.15, -0.1) is 0 Å². The molecular formula is C33H63N2O6P. The van der Waals surface area contributed by atoms with Crippen LogP contribution < -0.4 is 11.1 Å². The average molecular weight is 615 g/mol. The van der Waals surface area contributed by atoms with Crippen molar-refractivity contribution < 1.29 is 28.4 Å². The molecule has 0 bridgehead atoms. The van der Waals surface area contributed by atoms with Gasteiger partial charge in [-0.3, -0.25) is 13.8 Å². The van der Waals surface area contributed by atoms with Crippen LogP contribution in [0, 0.1) is 0 Å². The van der Waals surface area contributed by atoms with Crippen molar-refractivity contribution in [3.63, 3.8) is 0 Å². The lowest BCUT2D eigenvalue weighted by atomic mass is 10.0. The summed E-state index contributed by atoms with van der Waals surface area (Å²) in [6, 6.07) is -0.876. The van der Waals surface area contributed by atoms with Crippen LogP contribution in [0.2, 0.25) is 0 Å². The molecule has 42 heavy (non-hydrogen) atoms. The van der Waals surface area contributed by atoms with E-state index in [4.69, 9.17) is 14.8 Å². The molecule has 0 saturated heterocycles. The highest BCUT2D eigenvalue weighted by molar-refractivity contribution is 7.47. The molecule has 0 radical (unpaired) electrons. The van der Waals surface area contributed by atoms with E-state index < -0.39 is 20.0 Å². The van der Waals surface area contributed by atoms with Gasteiger partial charge < -0.3 is 21.1 Å². The molecule has 0 aromatic heterocycles. The van der Waals surface area contributed by atoms with Crippen LogP contribution >= 0.6 is 7.82 Å². The third-order valence-electron chi connectivity index (χ3n) is 6.95. The van der Waals surface area contributed by atoms with Crippen molar-refractivity contribution in [3.05, 3.63) is 36.5 Å². The number of rotatable bonds is 30. The van der Waals surface area contributed by atoms with Gasteiger partial charge in [0.1, 0.15) is 0 Å². The highest BCUT2D eigenvalue weighted by atomic mass is 31.2. The predicted molar refractivity (Wildman–Crippen MR) is 175 cm³/mol. The second-order valence-electron chi connectivity index (χ2n) is 11.0. The maximum absolute atomic E-state index is 12.6. The molecule has 1 amide bonds. The summed E-state index contributed by atoms with van der Waals surface area (Å²) in [4.78, 5) is 22.4. The third kappa shape index (κ3) is 27.5. The van der Waals surface area contributed by atoms with E-state index in [1.165, 1.54) is 64.2 Å². The molecule has 3 unspecified atom stereocenters. The quantitative estimate of drug-likeness (QED) is 0.0366. The largest absolute Gasteiger partial charge is 0.472 e. The topological polar surface area (TPSA) is 131 Å². The molecule has 0 aromatic carbocycles. The van der Waals surface area contributed by atoms with E-state index in [1.807, 2.05) is 6.08 Å². The van der Waals surface area contributed by atoms with E-state index in [-0.39, 0.29) is 25.7 Å². The van der Waals surface area contributed by atoms with Gasteiger partial charge in [0.05, 0.1) is 25.4 Å². The lowest BCUT2D eigenvalue weighted by Gasteiger charge is -2.23. The number of hydrogen-bond acceptors (Lipinski definition) is 6. The number of phosphoric ester groups is 1. The van der Waals surface area contributed by atoms with E-state index in [0.29, 0.717) is 6.42 Å². The zero-order valence-corrected chi connectivity index (χ0v) is 27.6. The van der Waals surface area contributed by atoms with Crippen LogP contribution in [0.3, 0.4) is 0 Å². The maximum Gasteiger partial charge on any atom is 0.472 e. The van der Waals surface area contributed by atoms with E-state index >= 15 is 0 Å². The predicted octanol–water partition coefficient (Wildman–Crippen LogP) is 8.04. The second kappa shape index (κ2) is 29.8. The van der Waals surface area contributed by atoms with Gasteiger partial charge in [0.2, 0.25) is 5.91 Å². The molecule has 3 atom stereocenters. The number of nitrogens with two attached hydrogens (primary N) is 1. The molecule has 0 saturated carbocycles. The Balaban J connectivity index is 4.50. The summed E-state index contributed by atoms with van der Waals surface area (Å²) in [6.07, 6.45) is 31.9. The van der Waals surface area contributed by atoms with E-state index in [0.717, 1.165) is 51.4 Å². The third-order valence-corrected chi connectivity index (χ3v) is 7.93. The lowest BCUT2D eigenvalue weighted by Crippen LogP contribution is -2.45. The van der Waals surface area contributed by atoms with Crippen molar-refractivity contribution in [2.24, 2.45) is 5.73 Å². The fraction of sp³-hybridized carbons (Fsp3) is 0.788. The van der Waals surface area contributed by atoms with Crippen LogP contribution in [0.4, 0.5) is 0 Å². The molecule has 0 rings (SSSR count). The Bertz CT molecular complexity index is 759. The van der Waals surface area contributed by atoms with Crippen LogP contribution in [0.25, 0.3) is 0 Å². The Morgan fingerprint density at radius 1 is 0.762 bits per heavy atom. The SMILES string of the molecule is CCCC/C=C/CC/C=C/CC/C=C/C(O)C(COP(=O)(O)OCCN)NC(=O)CCCCCCCCCCCCC. The van der Waals surface area contributed by atoms with E-state index in [2.05, 4.69) is 43.5 Å². The average Bonchev–Trinajstić information content (AvgIpc) is 2.97. The number of carbonyl (C=O) groups is 1. The molecule has 8 nitrogen and oxygen atoms in total. The lowest BCUT2D eigenvalue weighted by molar-refractivity contribution is -0.123. The molecule has 0 aromatic rings. The molecular weight excluding hydrogens is 551 g/mol. The highest BCUT2D eigenvalue weighted by Gasteiger charge is 2.26. The Hall–Kier alpha value is -1.28. The van der Waals surface area contributed by atoms with Gasteiger partial charge in [-0.05, 0) is 38.5 Å². The number of amides is 1. The van der Waals surface area contributed by atoms with Crippen LogP contribution in [0.5, 0.6) is 0 Å². The first-order valence-corrected chi connectivity index (χ1v) is 18.1. The number of carbonyl (C=O) groups excluding carboxylic acids is 1. The highest BCUT2D eigenvalue weighted by Crippen LogP contribution is 2.43. The van der Waals surface area contributed by atoms with Crippen LogP contribution in [0.1, 0.15) is 136 Å². The smallest absolute Gasteiger partial charge is 0.387 e. The van der Waals surface area contributed by atoms with E-state index in [9.17, 15) is 19.4 Å². The van der Waals surface area contributed by atoms with Gasteiger partial charge in [-0.25, -0.2) is 4.57 Å². The number of nitrogens with one attached hydrogen (secondary N) is 1. The summed E-state index contributed by atoms with van der Waals surface area (Å²) in [5, 5.41) is 13.5. The number of aliphatic hydroxyl groups excluding tert-OH is 1. The first-order valence-electron chi connectivity index (χ1n) is 16.6. The van der Waals surface area contributed by atoms with E-state index in [1.54, 1.807) is 6.08 Å². The summed E-state index contributed by atoms with van der Waals surface area (Å²) in [6.45, 7) is 4.01. The zero-order chi connectivity index (χ0) is 31.2. The first-order chi connectivity index (χ1) is 20.4. The number of hydrogen-bond donors (Lipinski definition) is 4. The van der Waals surface area contributed by atoms with Crippen molar-refractivity contribution >= 4 is 13.7 Å². The minimum absolute atomic E-state index is 0.0719. The second-order valence-corrected chi connectivity index (χ2v) is 12.5. The fourth-order valence-corrected chi connectivity index (χ4v) is 5.14. The first kappa shape index (κ1) is 40.7. The Kier molecular flexibility index (Phi) is 28.9. The normalized spacial score (nSPS) is 15.1. The summed E-state index contributed by atoms with van der Waals surface area (Å²) in [5.74, 6) is -0.214. The van der Waals surface area contributed by atoms with Crippen molar-refractivity contribution in [3.8, 4) is 0 Å². The van der Waals surface area contributed by atoms with Crippen LogP contribution in [-0.4, -0.2) is 47.8 Å². The number of aliphatic hydroxyl groups is 1. The van der Waals surface area contributed by atoms with Crippen LogP contribution in [0.15, 0.2) is 36.5 Å². The Morgan fingerprint density at radius 3 is 1.81 bits per heavy atom. The van der Waals surface area contributed by atoms with Crippen molar-refractivity contribution in [1.82, 2.24) is 5.32 Å². The molecule has 0 spiro atoms. The molecule has 9 heteroatoms. The minimum atomic E-state index is -4.33. The van der Waals surface area contributed by atoms with Crippen molar-refractivity contribution in [2.75, 3.05) is 19.8 Å². The minimum Gasteiger partial charge on any atom is -0.387 e. The van der Waals surface area contributed by atoms with Crippen molar-refractivity contribution in [1.29, 1.82) is 0 Å². The van der Waals surface area contributed by atoms with Gasteiger partial charge in [-0.1, -0.05) is 127 Å². The van der Waals surface area contributed by atoms with Gasteiger partial charge in [0, 0.05) is 13.0 Å². The Morgan fingerprint density at radius 2 is 1.26 bits per heavy atom. The zero-order valence-electron chi connectivity index (χ0n) is 26.7.